The van der Waals surface area contributed by atoms with Crippen molar-refractivity contribution in [3.63, 3.8) is 0 Å². The van der Waals surface area contributed by atoms with Gasteiger partial charge in [0.2, 0.25) is 5.91 Å². The summed E-state index contributed by atoms with van der Waals surface area (Å²) in [5.74, 6) is -1.05. The maximum atomic E-state index is 12.7. The maximum absolute atomic E-state index is 12.7. The van der Waals surface area contributed by atoms with Gasteiger partial charge in [0, 0.05) is 5.39 Å². The van der Waals surface area contributed by atoms with Crippen molar-refractivity contribution in [2.45, 2.75) is 52.8 Å². The summed E-state index contributed by atoms with van der Waals surface area (Å²) in [5.41, 5.74) is 5.90. The molecule has 2 atom stereocenters. The van der Waals surface area contributed by atoms with Crippen molar-refractivity contribution in [3.8, 4) is 0 Å². The molecule has 1 aromatic heterocycles. The topological polar surface area (TPSA) is 110 Å². The minimum Gasteiger partial charge on any atom is -0.391 e. The first kappa shape index (κ1) is 18.9. The molecule has 0 aliphatic carbocycles. The number of nitrogens with one attached hydrogen (secondary N) is 1. The van der Waals surface area contributed by atoms with E-state index in [1.807, 2.05) is 45.9 Å². The Morgan fingerprint density at radius 1 is 1.32 bits per heavy atom. The normalized spacial score (nSPS) is 14.3. The number of benzene rings is 1. The molecule has 0 aliphatic rings. The van der Waals surface area contributed by atoms with Gasteiger partial charge in [-0.1, -0.05) is 45.9 Å². The lowest BCUT2D eigenvalue weighted by molar-refractivity contribution is -0.122. The summed E-state index contributed by atoms with van der Waals surface area (Å²) < 4.78 is 1.62. The van der Waals surface area contributed by atoms with Gasteiger partial charge in [0.1, 0.15) is 6.04 Å². The Bertz CT molecular complexity index is 776. The molecule has 0 fully saturated rings. The Morgan fingerprint density at radius 3 is 2.52 bits per heavy atom. The van der Waals surface area contributed by atoms with Gasteiger partial charge in [0.15, 0.2) is 5.69 Å². The second kappa shape index (κ2) is 7.23. The van der Waals surface area contributed by atoms with Gasteiger partial charge in [-0.15, -0.1) is 0 Å². The van der Waals surface area contributed by atoms with Crippen molar-refractivity contribution in [2.75, 3.05) is 0 Å². The molecule has 7 nitrogen and oxygen atoms in total. The van der Waals surface area contributed by atoms with E-state index in [0.717, 1.165) is 5.52 Å². The second-order valence-electron chi connectivity index (χ2n) is 7.28. The molecular formula is C18H26N4O3. The third-order valence-electron chi connectivity index (χ3n) is 4.15. The van der Waals surface area contributed by atoms with Crippen LogP contribution in [0.2, 0.25) is 0 Å². The van der Waals surface area contributed by atoms with Crippen molar-refractivity contribution in [1.82, 2.24) is 15.1 Å². The Hall–Kier alpha value is -2.41. The highest BCUT2D eigenvalue weighted by atomic mass is 16.3. The number of carbonyl (C=O) groups excluding carboxylic acids is 2. The van der Waals surface area contributed by atoms with Crippen LogP contribution in [0.25, 0.3) is 10.9 Å². The number of aliphatic hydroxyl groups excluding tert-OH is 1. The Balaban J connectivity index is 2.40. The van der Waals surface area contributed by atoms with Crippen molar-refractivity contribution < 1.29 is 14.7 Å². The molecule has 0 radical (unpaired) electrons. The van der Waals surface area contributed by atoms with Crippen molar-refractivity contribution in [3.05, 3.63) is 30.0 Å². The molecule has 2 rings (SSSR count). The lowest BCUT2D eigenvalue weighted by Crippen LogP contribution is -2.52. The molecule has 0 saturated heterocycles. The van der Waals surface area contributed by atoms with Crippen LogP contribution in [0.3, 0.4) is 0 Å². The number of primary amides is 1. The average Bonchev–Trinajstić information content (AvgIpc) is 2.89. The minimum absolute atomic E-state index is 0.217. The largest absolute Gasteiger partial charge is 0.391 e. The summed E-state index contributed by atoms with van der Waals surface area (Å²) in [4.78, 5) is 24.4. The van der Waals surface area contributed by atoms with Crippen LogP contribution < -0.4 is 11.1 Å². The number of amides is 2. The Labute approximate surface area is 147 Å². The minimum atomic E-state index is -0.815. The second-order valence-corrected chi connectivity index (χ2v) is 7.28. The van der Waals surface area contributed by atoms with Crippen LogP contribution >= 0.6 is 0 Å². The molecule has 1 heterocycles. The number of fused-ring (bicyclic) bond motifs is 1. The van der Waals surface area contributed by atoms with Crippen LogP contribution in [0, 0.1) is 5.41 Å². The van der Waals surface area contributed by atoms with Gasteiger partial charge in [-0.3, -0.25) is 14.3 Å². The molecule has 25 heavy (non-hydrogen) atoms. The lowest BCUT2D eigenvalue weighted by Gasteiger charge is -2.28. The predicted octanol–water partition coefficient (Wildman–Crippen LogP) is 1.44. The van der Waals surface area contributed by atoms with E-state index in [-0.39, 0.29) is 5.69 Å². The molecule has 0 bridgehead atoms. The highest BCUT2D eigenvalue weighted by molar-refractivity contribution is 6.06. The fourth-order valence-corrected chi connectivity index (χ4v) is 2.68. The van der Waals surface area contributed by atoms with Gasteiger partial charge in [-0.2, -0.15) is 5.10 Å². The van der Waals surface area contributed by atoms with E-state index in [2.05, 4.69) is 10.4 Å². The van der Waals surface area contributed by atoms with Crippen LogP contribution in [-0.4, -0.2) is 38.8 Å². The van der Waals surface area contributed by atoms with Crippen molar-refractivity contribution >= 4 is 22.7 Å². The van der Waals surface area contributed by atoms with Crippen molar-refractivity contribution in [1.29, 1.82) is 0 Å². The number of para-hydroxylation sites is 1. The van der Waals surface area contributed by atoms with Crippen LogP contribution in [0.15, 0.2) is 24.3 Å². The van der Waals surface area contributed by atoms with Crippen LogP contribution in [0.1, 0.15) is 44.6 Å². The summed E-state index contributed by atoms with van der Waals surface area (Å²) in [5, 5.41) is 17.6. The zero-order valence-corrected chi connectivity index (χ0v) is 15.1. The number of aromatic nitrogens is 2. The summed E-state index contributed by atoms with van der Waals surface area (Å²) in [6.45, 7) is 7.67. The molecule has 7 heteroatoms. The summed E-state index contributed by atoms with van der Waals surface area (Å²) in [6.07, 6.45) is 0.0379. The molecule has 2 aromatic rings. The fourth-order valence-electron chi connectivity index (χ4n) is 2.68. The van der Waals surface area contributed by atoms with Gasteiger partial charge in [0.25, 0.3) is 5.91 Å². The Morgan fingerprint density at radius 2 is 1.96 bits per heavy atom. The van der Waals surface area contributed by atoms with E-state index < -0.39 is 29.4 Å². The monoisotopic (exact) mass is 346 g/mol. The molecule has 0 saturated carbocycles. The average molecular weight is 346 g/mol. The van der Waals surface area contributed by atoms with E-state index in [1.54, 1.807) is 10.7 Å². The fraction of sp³-hybridized carbons (Fsp3) is 0.500. The number of nitrogens with zero attached hydrogens (tertiary/aromatic N) is 2. The molecule has 2 unspecified atom stereocenters. The van der Waals surface area contributed by atoms with Crippen molar-refractivity contribution in [2.24, 2.45) is 11.1 Å². The molecule has 2 amide bonds. The first-order valence-electron chi connectivity index (χ1n) is 8.39. The quantitative estimate of drug-likeness (QED) is 0.735. The SMILES string of the molecule is CCC(O)Cn1nc(C(=O)NC(C(N)=O)C(C)(C)C)c2ccccc21. The molecule has 136 valence electrons. The van der Waals surface area contributed by atoms with Crippen LogP contribution in [0.5, 0.6) is 0 Å². The van der Waals surface area contributed by atoms with E-state index in [9.17, 15) is 14.7 Å². The predicted molar refractivity (Wildman–Crippen MR) is 95.9 cm³/mol. The van der Waals surface area contributed by atoms with E-state index in [1.165, 1.54) is 0 Å². The summed E-state index contributed by atoms with van der Waals surface area (Å²) >= 11 is 0. The first-order chi connectivity index (χ1) is 11.6. The summed E-state index contributed by atoms with van der Waals surface area (Å²) in [7, 11) is 0. The molecule has 1 aromatic carbocycles. The zero-order valence-electron chi connectivity index (χ0n) is 15.1. The smallest absolute Gasteiger partial charge is 0.273 e. The molecular weight excluding hydrogens is 320 g/mol. The number of nitrogens with two attached hydrogens (primary N) is 1. The number of carbonyl (C=O) groups is 2. The summed E-state index contributed by atoms with van der Waals surface area (Å²) in [6, 6.07) is 6.49. The molecule has 4 N–H and O–H groups in total. The van der Waals surface area contributed by atoms with Gasteiger partial charge in [0.05, 0.1) is 18.2 Å². The highest BCUT2D eigenvalue weighted by Gasteiger charge is 2.32. The number of hydrogen-bond donors (Lipinski definition) is 3. The van der Waals surface area contributed by atoms with E-state index in [4.69, 9.17) is 5.73 Å². The highest BCUT2D eigenvalue weighted by Crippen LogP contribution is 2.22. The van der Waals surface area contributed by atoms with Gasteiger partial charge in [-0.05, 0) is 17.9 Å². The Kier molecular flexibility index (Phi) is 5.47. The maximum Gasteiger partial charge on any atom is 0.273 e. The first-order valence-corrected chi connectivity index (χ1v) is 8.39. The van der Waals surface area contributed by atoms with Crippen LogP contribution in [-0.2, 0) is 11.3 Å². The van der Waals surface area contributed by atoms with Gasteiger partial charge in [-0.25, -0.2) is 0 Å². The third kappa shape index (κ3) is 4.17. The van der Waals surface area contributed by atoms with Crippen LogP contribution in [0.4, 0.5) is 0 Å². The lowest BCUT2D eigenvalue weighted by atomic mass is 9.86. The van der Waals surface area contributed by atoms with Gasteiger partial charge >= 0.3 is 0 Å². The van der Waals surface area contributed by atoms with E-state index in [0.29, 0.717) is 18.4 Å². The van der Waals surface area contributed by atoms with Gasteiger partial charge < -0.3 is 16.2 Å². The third-order valence-corrected chi connectivity index (χ3v) is 4.15. The van der Waals surface area contributed by atoms with E-state index >= 15 is 0 Å². The number of aliphatic hydroxyl groups is 1. The number of rotatable bonds is 6. The molecule has 0 aliphatic heterocycles. The molecule has 0 spiro atoms. The zero-order chi connectivity index (χ0) is 18.8. The standard InChI is InChI=1S/C18H26N4O3/c1-5-11(23)10-22-13-9-7-6-8-12(13)14(21-22)17(25)20-15(16(19)24)18(2,3)4/h6-9,11,15,23H,5,10H2,1-4H3,(H2,19,24)(H,20,25). The number of hydrogen-bond acceptors (Lipinski definition) is 4.